The number of nitrogens with one attached hydrogen (secondary N) is 1. The topological polar surface area (TPSA) is 78.5 Å². The molecule has 6 nitrogen and oxygen atoms in total. The largest absolute Gasteiger partial charge is 0.507 e. The van der Waals surface area contributed by atoms with Gasteiger partial charge in [0.05, 0.1) is 18.4 Å². The van der Waals surface area contributed by atoms with Gasteiger partial charge in [0, 0.05) is 37.7 Å². The number of halogens is 3. The van der Waals surface area contributed by atoms with Gasteiger partial charge in [-0.15, -0.1) is 0 Å². The summed E-state index contributed by atoms with van der Waals surface area (Å²) in [5, 5.41) is 10.0. The summed E-state index contributed by atoms with van der Waals surface area (Å²) in [7, 11) is 1.49. The molecule has 2 N–H and O–H groups in total. The molecule has 0 bridgehead atoms. The van der Waals surface area contributed by atoms with Gasteiger partial charge in [0.1, 0.15) is 11.5 Å². The summed E-state index contributed by atoms with van der Waals surface area (Å²) >= 11 is 0. The molecule has 25 heavy (non-hydrogen) atoms. The molecular weight excluding hydrogens is 339 g/mol. The zero-order valence-corrected chi connectivity index (χ0v) is 13.4. The molecule has 9 heteroatoms. The molecule has 1 aromatic heterocycles. The maximum atomic E-state index is 12.7. The van der Waals surface area contributed by atoms with E-state index in [1.54, 1.807) is 17.1 Å². The monoisotopic (exact) mass is 355 g/mol. The van der Waals surface area contributed by atoms with Crippen LogP contribution in [0.15, 0.2) is 23.0 Å². The lowest BCUT2D eigenvalue weighted by atomic mass is 10.1. The van der Waals surface area contributed by atoms with E-state index in [0.29, 0.717) is 24.4 Å². The van der Waals surface area contributed by atoms with Crippen LogP contribution < -0.4 is 10.3 Å². The van der Waals surface area contributed by atoms with Crippen molar-refractivity contribution in [2.45, 2.75) is 25.7 Å². The predicted molar refractivity (Wildman–Crippen MR) is 82.3 cm³/mol. The van der Waals surface area contributed by atoms with Crippen molar-refractivity contribution < 1.29 is 23.0 Å². The number of phenols is 1. The highest BCUT2D eigenvalue weighted by atomic mass is 19.4. The van der Waals surface area contributed by atoms with Crippen LogP contribution in [0.4, 0.5) is 13.2 Å². The molecule has 0 saturated carbocycles. The fourth-order valence-corrected chi connectivity index (χ4v) is 2.80. The Bertz CT molecular complexity index is 849. The van der Waals surface area contributed by atoms with E-state index in [1.807, 2.05) is 4.90 Å². The number of benzene rings is 1. The number of rotatable bonds is 3. The highest BCUT2D eigenvalue weighted by Crippen LogP contribution is 2.28. The van der Waals surface area contributed by atoms with E-state index >= 15 is 0 Å². The van der Waals surface area contributed by atoms with Gasteiger partial charge < -0.3 is 14.8 Å². The summed E-state index contributed by atoms with van der Waals surface area (Å²) in [5.41, 5.74) is 0.264. The third-order valence-electron chi connectivity index (χ3n) is 4.10. The van der Waals surface area contributed by atoms with Gasteiger partial charge >= 0.3 is 6.18 Å². The Morgan fingerprint density at radius 2 is 2.16 bits per heavy atom. The quantitative estimate of drug-likeness (QED) is 0.881. The van der Waals surface area contributed by atoms with Crippen molar-refractivity contribution in [1.29, 1.82) is 0 Å². The lowest BCUT2D eigenvalue weighted by molar-refractivity contribution is -0.145. The third-order valence-corrected chi connectivity index (χ3v) is 4.10. The van der Waals surface area contributed by atoms with Crippen LogP contribution in [0.2, 0.25) is 0 Å². The highest BCUT2D eigenvalue weighted by Gasteiger charge is 2.35. The summed E-state index contributed by atoms with van der Waals surface area (Å²) in [6.45, 7) is 0.962. The molecule has 0 atom stereocenters. The van der Waals surface area contributed by atoms with E-state index in [9.17, 15) is 23.1 Å². The minimum atomic E-state index is -4.68. The van der Waals surface area contributed by atoms with Gasteiger partial charge in [-0.2, -0.15) is 13.2 Å². The molecule has 1 aliphatic rings. The van der Waals surface area contributed by atoms with E-state index < -0.39 is 17.6 Å². The van der Waals surface area contributed by atoms with Crippen molar-refractivity contribution in [3.8, 4) is 11.5 Å². The number of methoxy groups -OCH3 is 1. The van der Waals surface area contributed by atoms with Crippen LogP contribution in [0.1, 0.15) is 22.6 Å². The van der Waals surface area contributed by atoms with Crippen molar-refractivity contribution >= 4 is 0 Å². The van der Waals surface area contributed by atoms with Crippen LogP contribution in [0, 0.1) is 0 Å². The van der Waals surface area contributed by atoms with E-state index in [0.717, 1.165) is 0 Å². The van der Waals surface area contributed by atoms with Gasteiger partial charge in [0.2, 0.25) is 5.82 Å². The molecule has 3 rings (SSSR count). The summed E-state index contributed by atoms with van der Waals surface area (Å²) in [4.78, 5) is 19.2. The smallest absolute Gasteiger partial charge is 0.449 e. The van der Waals surface area contributed by atoms with Gasteiger partial charge in [-0.3, -0.25) is 9.69 Å². The molecule has 1 aliphatic heterocycles. The number of ether oxygens (including phenoxy) is 1. The van der Waals surface area contributed by atoms with Gasteiger partial charge in [-0.25, -0.2) is 4.98 Å². The van der Waals surface area contributed by atoms with Crippen LogP contribution in [0.3, 0.4) is 0 Å². The SMILES string of the molecule is COc1ccc(CN2CCc3nc(C(F)(F)F)[nH]c(=O)c3C2)c(O)c1. The van der Waals surface area contributed by atoms with Gasteiger partial charge in [-0.1, -0.05) is 6.07 Å². The molecular formula is C16H16F3N3O3. The van der Waals surface area contributed by atoms with E-state index in [-0.39, 0.29) is 30.0 Å². The Morgan fingerprint density at radius 3 is 2.80 bits per heavy atom. The molecule has 0 fully saturated rings. The number of fused-ring (bicyclic) bond motifs is 1. The zero-order chi connectivity index (χ0) is 18.2. The molecule has 1 aromatic carbocycles. The Hall–Kier alpha value is -2.55. The number of nitrogens with zero attached hydrogens (tertiary/aromatic N) is 2. The minimum absolute atomic E-state index is 0.0598. The van der Waals surface area contributed by atoms with Crippen molar-refractivity contribution in [2.24, 2.45) is 0 Å². The fraction of sp³-hybridized carbons (Fsp3) is 0.375. The zero-order valence-electron chi connectivity index (χ0n) is 13.4. The normalized spacial score (nSPS) is 15.0. The number of phenolic OH excluding ortho intramolecular Hbond substituents is 1. The summed E-state index contributed by atoms with van der Waals surface area (Å²) in [6.07, 6.45) is -4.44. The molecule has 0 radical (unpaired) electrons. The number of aromatic hydroxyl groups is 1. The number of alkyl halides is 3. The van der Waals surface area contributed by atoms with Crippen molar-refractivity contribution in [1.82, 2.24) is 14.9 Å². The minimum Gasteiger partial charge on any atom is -0.507 e. The van der Waals surface area contributed by atoms with Crippen molar-refractivity contribution in [2.75, 3.05) is 13.7 Å². The van der Waals surface area contributed by atoms with Crippen LogP contribution in [-0.4, -0.2) is 33.6 Å². The second-order valence-corrected chi connectivity index (χ2v) is 5.79. The Balaban J connectivity index is 1.81. The average Bonchev–Trinajstić information content (AvgIpc) is 2.56. The maximum absolute atomic E-state index is 12.7. The molecule has 2 heterocycles. The predicted octanol–water partition coefficient (Wildman–Crippen LogP) is 2.06. The number of hydrogen-bond donors (Lipinski definition) is 2. The Labute approximate surface area is 140 Å². The number of hydrogen-bond acceptors (Lipinski definition) is 5. The lowest BCUT2D eigenvalue weighted by Crippen LogP contribution is -2.36. The molecule has 0 aliphatic carbocycles. The first-order valence-electron chi connectivity index (χ1n) is 7.55. The summed E-state index contributed by atoms with van der Waals surface area (Å²) < 4.78 is 43.2. The molecule has 0 amide bonds. The maximum Gasteiger partial charge on any atom is 0.449 e. The van der Waals surface area contributed by atoms with Crippen LogP contribution >= 0.6 is 0 Å². The molecule has 134 valence electrons. The Morgan fingerprint density at radius 1 is 1.40 bits per heavy atom. The number of H-pyrrole nitrogens is 1. The van der Waals surface area contributed by atoms with Gasteiger partial charge in [-0.05, 0) is 6.07 Å². The third kappa shape index (κ3) is 3.60. The second-order valence-electron chi connectivity index (χ2n) is 5.79. The molecule has 0 spiro atoms. The van der Waals surface area contributed by atoms with Crippen LogP contribution in [0.25, 0.3) is 0 Å². The van der Waals surface area contributed by atoms with Gasteiger partial charge in [0.15, 0.2) is 0 Å². The highest BCUT2D eigenvalue weighted by molar-refractivity contribution is 5.39. The fourth-order valence-electron chi connectivity index (χ4n) is 2.80. The van der Waals surface area contributed by atoms with Crippen LogP contribution in [0.5, 0.6) is 11.5 Å². The van der Waals surface area contributed by atoms with Crippen molar-refractivity contribution in [3.63, 3.8) is 0 Å². The summed E-state index contributed by atoms with van der Waals surface area (Å²) in [6, 6.07) is 4.90. The number of aromatic nitrogens is 2. The molecule has 2 aromatic rings. The molecule has 0 unspecified atom stereocenters. The van der Waals surface area contributed by atoms with E-state index in [1.165, 1.54) is 13.2 Å². The van der Waals surface area contributed by atoms with Gasteiger partial charge in [0.25, 0.3) is 5.56 Å². The molecule has 0 saturated heterocycles. The second kappa shape index (κ2) is 6.40. The average molecular weight is 355 g/mol. The standard InChI is InChI=1S/C16H16F3N3O3/c1-25-10-3-2-9(13(23)6-10)7-22-5-4-12-11(8-22)14(24)21-15(20-12)16(17,18)19/h2-3,6,23H,4-5,7-8H2,1H3,(H,20,21,24). The summed E-state index contributed by atoms with van der Waals surface area (Å²) in [5.74, 6) is -0.687. The first kappa shape index (κ1) is 17.3. The van der Waals surface area contributed by atoms with E-state index in [2.05, 4.69) is 4.98 Å². The first-order chi connectivity index (χ1) is 11.8. The lowest BCUT2D eigenvalue weighted by Gasteiger charge is -2.28. The van der Waals surface area contributed by atoms with E-state index in [4.69, 9.17) is 4.74 Å². The van der Waals surface area contributed by atoms with Crippen LogP contribution in [-0.2, 0) is 25.7 Å². The van der Waals surface area contributed by atoms with Crippen molar-refractivity contribution in [3.05, 3.63) is 51.2 Å². The first-order valence-corrected chi connectivity index (χ1v) is 7.55. The Kier molecular flexibility index (Phi) is 4.42. The number of aromatic amines is 1.